The van der Waals surface area contributed by atoms with Crippen molar-refractivity contribution in [3.8, 4) is 0 Å². The summed E-state index contributed by atoms with van der Waals surface area (Å²) in [5, 5.41) is 3.18. The molecule has 1 unspecified atom stereocenters. The van der Waals surface area contributed by atoms with E-state index in [9.17, 15) is 18.0 Å². The van der Waals surface area contributed by atoms with Crippen LogP contribution in [0.2, 0.25) is 5.02 Å². The van der Waals surface area contributed by atoms with Crippen molar-refractivity contribution < 1.29 is 18.0 Å². The number of halogens is 4. The van der Waals surface area contributed by atoms with Crippen LogP contribution >= 0.6 is 11.6 Å². The minimum atomic E-state index is -2.67. The second-order valence-corrected chi connectivity index (χ2v) is 6.95. The average molecular weight is 383 g/mol. The molecule has 138 valence electrons. The van der Waals surface area contributed by atoms with Crippen LogP contribution in [0, 0.1) is 11.9 Å². The number of carbonyl (C=O) groups excluding carboxylic acids is 1. The van der Waals surface area contributed by atoms with E-state index in [2.05, 4.69) is 10.3 Å². The summed E-state index contributed by atoms with van der Waals surface area (Å²) in [6.07, 6.45) is 1.39. The van der Waals surface area contributed by atoms with E-state index in [0.29, 0.717) is 16.1 Å². The number of aromatic nitrogens is 1. The van der Waals surface area contributed by atoms with Crippen molar-refractivity contribution in [2.75, 3.05) is 0 Å². The largest absolute Gasteiger partial charge is 0.345 e. The van der Waals surface area contributed by atoms with E-state index in [1.807, 2.05) is 0 Å². The molecule has 2 aromatic rings. The molecule has 1 aromatic heterocycles. The third kappa shape index (κ3) is 4.36. The molecule has 7 heteroatoms. The SMILES string of the molecule is O=C(NC(c1ccc(F)nc1)C1CCC(F)(F)CC1)c1ccccc1Cl. The lowest BCUT2D eigenvalue weighted by atomic mass is 9.80. The van der Waals surface area contributed by atoms with Gasteiger partial charge in [0, 0.05) is 19.0 Å². The summed E-state index contributed by atoms with van der Waals surface area (Å²) in [6.45, 7) is 0. The predicted molar refractivity (Wildman–Crippen MR) is 92.8 cm³/mol. The summed E-state index contributed by atoms with van der Waals surface area (Å²) in [7, 11) is 0. The van der Waals surface area contributed by atoms with Gasteiger partial charge in [0.2, 0.25) is 11.9 Å². The molecular formula is C19H18ClF3N2O. The number of nitrogens with one attached hydrogen (secondary N) is 1. The Morgan fingerprint density at radius 2 is 1.88 bits per heavy atom. The summed E-state index contributed by atoms with van der Waals surface area (Å²) in [4.78, 5) is 16.3. The van der Waals surface area contributed by atoms with E-state index in [-0.39, 0.29) is 31.6 Å². The van der Waals surface area contributed by atoms with Crippen LogP contribution in [0.15, 0.2) is 42.6 Å². The summed E-state index contributed by atoms with van der Waals surface area (Å²) >= 11 is 6.07. The molecular weight excluding hydrogens is 365 g/mol. The monoisotopic (exact) mass is 382 g/mol. The number of amides is 1. The standard InChI is InChI=1S/C19H18ClF3N2O/c20-15-4-2-1-3-14(15)18(26)25-17(13-5-6-16(21)24-11-13)12-7-9-19(22,23)10-8-12/h1-6,11-12,17H,7-10H2,(H,25,26). The quantitative estimate of drug-likeness (QED) is 0.741. The van der Waals surface area contributed by atoms with Crippen molar-refractivity contribution in [2.24, 2.45) is 5.92 Å². The lowest BCUT2D eigenvalue weighted by molar-refractivity contribution is -0.0494. The molecule has 1 aromatic carbocycles. The number of pyridine rings is 1. The number of alkyl halides is 2. The van der Waals surface area contributed by atoms with Crippen molar-refractivity contribution in [3.63, 3.8) is 0 Å². The fraction of sp³-hybridized carbons (Fsp3) is 0.368. The number of benzene rings is 1. The zero-order valence-corrected chi connectivity index (χ0v) is 14.6. The highest BCUT2D eigenvalue weighted by Gasteiger charge is 2.38. The lowest BCUT2D eigenvalue weighted by Gasteiger charge is -2.34. The maximum absolute atomic E-state index is 13.5. The first-order chi connectivity index (χ1) is 12.4. The van der Waals surface area contributed by atoms with Gasteiger partial charge in [0.05, 0.1) is 16.6 Å². The zero-order valence-electron chi connectivity index (χ0n) is 13.9. The van der Waals surface area contributed by atoms with E-state index in [4.69, 9.17) is 11.6 Å². The first-order valence-electron chi connectivity index (χ1n) is 8.40. The van der Waals surface area contributed by atoms with Gasteiger partial charge in [-0.15, -0.1) is 0 Å². The van der Waals surface area contributed by atoms with E-state index in [1.165, 1.54) is 18.3 Å². The van der Waals surface area contributed by atoms with Crippen LogP contribution in [0.3, 0.4) is 0 Å². The van der Waals surface area contributed by atoms with Crippen molar-refractivity contribution in [1.29, 1.82) is 0 Å². The van der Waals surface area contributed by atoms with Crippen LogP contribution in [-0.4, -0.2) is 16.8 Å². The Labute approximate surface area is 154 Å². The van der Waals surface area contributed by atoms with Gasteiger partial charge in [-0.2, -0.15) is 4.39 Å². The van der Waals surface area contributed by atoms with Crippen LogP contribution < -0.4 is 5.32 Å². The first-order valence-corrected chi connectivity index (χ1v) is 8.78. The topological polar surface area (TPSA) is 42.0 Å². The Hall–Kier alpha value is -2.08. The van der Waals surface area contributed by atoms with Crippen molar-refractivity contribution in [1.82, 2.24) is 10.3 Å². The Bertz CT molecular complexity index is 773. The Morgan fingerprint density at radius 3 is 2.50 bits per heavy atom. The van der Waals surface area contributed by atoms with Gasteiger partial charge in [-0.25, -0.2) is 13.8 Å². The first kappa shape index (κ1) is 18.7. The summed E-state index contributed by atoms with van der Waals surface area (Å²) in [5.41, 5.74) is 0.886. The molecule has 1 aliphatic rings. The number of rotatable bonds is 4. The lowest BCUT2D eigenvalue weighted by Crippen LogP contribution is -2.37. The molecule has 26 heavy (non-hydrogen) atoms. The van der Waals surface area contributed by atoms with Gasteiger partial charge in [0.1, 0.15) is 0 Å². The molecule has 3 rings (SSSR count). The number of hydrogen-bond acceptors (Lipinski definition) is 2. The fourth-order valence-corrected chi connectivity index (χ4v) is 3.53. The third-order valence-electron chi connectivity index (χ3n) is 4.75. The highest BCUT2D eigenvalue weighted by Crippen LogP contribution is 2.41. The van der Waals surface area contributed by atoms with E-state index >= 15 is 0 Å². The minimum Gasteiger partial charge on any atom is -0.345 e. The normalized spacial score (nSPS) is 18.3. The maximum Gasteiger partial charge on any atom is 0.253 e. The highest BCUT2D eigenvalue weighted by atomic mass is 35.5. The molecule has 1 atom stereocenters. The molecule has 1 amide bonds. The number of nitrogens with zero attached hydrogens (tertiary/aromatic N) is 1. The van der Waals surface area contributed by atoms with Gasteiger partial charge in [0.15, 0.2) is 0 Å². The van der Waals surface area contributed by atoms with Gasteiger partial charge < -0.3 is 5.32 Å². The molecule has 0 saturated heterocycles. The number of hydrogen-bond donors (Lipinski definition) is 1. The van der Waals surface area contributed by atoms with Crippen LogP contribution in [0.5, 0.6) is 0 Å². The predicted octanol–water partition coefficient (Wildman–Crippen LogP) is 5.17. The van der Waals surface area contributed by atoms with Crippen molar-refractivity contribution in [2.45, 2.75) is 37.6 Å². The highest BCUT2D eigenvalue weighted by molar-refractivity contribution is 6.33. The number of carbonyl (C=O) groups is 1. The third-order valence-corrected chi connectivity index (χ3v) is 5.08. The molecule has 1 N–H and O–H groups in total. The van der Waals surface area contributed by atoms with Gasteiger partial charge in [-0.3, -0.25) is 4.79 Å². The van der Waals surface area contributed by atoms with Crippen LogP contribution in [-0.2, 0) is 0 Å². The molecule has 0 aliphatic heterocycles. The summed E-state index contributed by atoms with van der Waals surface area (Å²) in [5.74, 6) is -3.90. The fourth-order valence-electron chi connectivity index (χ4n) is 3.30. The van der Waals surface area contributed by atoms with Gasteiger partial charge in [-0.1, -0.05) is 29.8 Å². The second-order valence-electron chi connectivity index (χ2n) is 6.54. The Morgan fingerprint density at radius 1 is 1.19 bits per heavy atom. The average Bonchev–Trinajstić information content (AvgIpc) is 2.61. The van der Waals surface area contributed by atoms with E-state index < -0.39 is 23.8 Å². The molecule has 1 heterocycles. The van der Waals surface area contributed by atoms with Crippen LogP contribution in [0.1, 0.15) is 47.6 Å². The summed E-state index contributed by atoms with van der Waals surface area (Å²) < 4.78 is 40.2. The minimum absolute atomic E-state index is 0.187. The van der Waals surface area contributed by atoms with Crippen LogP contribution in [0.25, 0.3) is 0 Å². The van der Waals surface area contributed by atoms with E-state index in [1.54, 1.807) is 24.3 Å². The van der Waals surface area contributed by atoms with Crippen molar-refractivity contribution >= 4 is 17.5 Å². The molecule has 3 nitrogen and oxygen atoms in total. The summed E-state index contributed by atoms with van der Waals surface area (Å²) in [6, 6.07) is 8.77. The molecule has 1 fully saturated rings. The van der Waals surface area contributed by atoms with Gasteiger partial charge >= 0.3 is 0 Å². The van der Waals surface area contributed by atoms with Gasteiger partial charge in [0.25, 0.3) is 5.91 Å². The molecule has 0 spiro atoms. The molecule has 1 saturated carbocycles. The zero-order chi connectivity index (χ0) is 18.7. The van der Waals surface area contributed by atoms with Gasteiger partial charge in [-0.05, 0) is 42.5 Å². The Balaban J connectivity index is 1.85. The Kier molecular flexibility index (Phi) is 5.51. The maximum atomic E-state index is 13.5. The van der Waals surface area contributed by atoms with Crippen LogP contribution in [0.4, 0.5) is 13.2 Å². The molecule has 0 radical (unpaired) electrons. The van der Waals surface area contributed by atoms with Crippen molar-refractivity contribution in [3.05, 3.63) is 64.7 Å². The second kappa shape index (κ2) is 7.66. The molecule has 1 aliphatic carbocycles. The smallest absolute Gasteiger partial charge is 0.253 e. The molecule has 0 bridgehead atoms. The van der Waals surface area contributed by atoms with E-state index in [0.717, 1.165) is 0 Å².